The summed E-state index contributed by atoms with van der Waals surface area (Å²) in [6.07, 6.45) is 0. The van der Waals surface area contributed by atoms with Gasteiger partial charge in [-0.1, -0.05) is 6.07 Å². The van der Waals surface area contributed by atoms with Crippen molar-refractivity contribution in [2.75, 3.05) is 44.0 Å². The third-order valence-corrected chi connectivity index (χ3v) is 2.76. The Bertz CT molecular complexity index is 421. The predicted octanol–water partition coefficient (Wildman–Crippen LogP) is 1.92. The Morgan fingerprint density at radius 1 is 1.32 bits per heavy atom. The number of nitrogens with zero attached hydrogens (tertiary/aromatic N) is 1. The second-order valence-electron chi connectivity index (χ2n) is 4.08. The number of nitrogens with two attached hydrogens (primary N) is 1. The van der Waals surface area contributed by atoms with E-state index in [1.54, 1.807) is 19.1 Å². The van der Waals surface area contributed by atoms with Crippen LogP contribution in [0.25, 0.3) is 0 Å². The van der Waals surface area contributed by atoms with E-state index < -0.39 is 0 Å². The number of nitrogen functional groups attached to an aromatic ring is 1. The van der Waals surface area contributed by atoms with Gasteiger partial charge in [-0.05, 0) is 26.0 Å². The van der Waals surface area contributed by atoms with Crippen molar-refractivity contribution in [3.05, 3.63) is 23.8 Å². The maximum atomic E-state index is 11.8. The van der Waals surface area contributed by atoms with Gasteiger partial charge in [-0.3, -0.25) is 0 Å². The van der Waals surface area contributed by atoms with E-state index in [2.05, 4.69) is 0 Å². The van der Waals surface area contributed by atoms with Crippen LogP contribution in [0.15, 0.2) is 18.2 Å². The number of carbonyl (C=O) groups excluding carboxylic acids is 1. The lowest BCUT2D eigenvalue weighted by molar-refractivity contribution is 0.0527. The van der Waals surface area contributed by atoms with Crippen molar-refractivity contribution in [3.63, 3.8) is 0 Å². The van der Waals surface area contributed by atoms with Crippen molar-refractivity contribution >= 4 is 17.3 Å². The number of hydrogen-bond acceptors (Lipinski definition) is 5. The van der Waals surface area contributed by atoms with Gasteiger partial charge in [0, 0.05) is 20.2 Å². The lowest BCUT2D eigenvalue weighted by Crippen LogP contribution is -2.24. The number of carbonyl (C=O) groups is 1. The molecule has 106 valence electrons. The molecule has 5 nitrogen and oxygen atoms in total. The van der Waals surface area contributed by atoms with E-state index in [0.717, 1.165) is 5.69 Å². The molecule has 0 aliphatic heterocycles. The summed E-state index contributed by atoms with van der Waals surface area (Å²) < 4.78 is 10.3. The molecule has 0 aromatic heterocycles. The first-order chi connectivity index (χ1) is 9.11. The van der Waals surface area contributed by atoms with Crippen LogP contribution in [0.1, 0.15) is 24.2 Å². The molecule has 0 saturated heterocycles. The van der Waals surface area contributed by atoms with Crippen molar-refractivity contribution < 1.29 is 14.3 Å². The fourth-order valence-electron chi connectivity index (χ4n) is 1.74. The summed E-state index contributed by atoms with van der Waals surface area (Å²) in [5.41, 5.74) is 7.70. The zero-order valence-electron chi connectivity index (χ0n) is 11.8. The molecular weight excluding hydrogens is 244 g/mol. The van der Waals surface area contributed by atoms with Gasteiger partial charge in [0.15, 0.2) is 0 Å². The SMILES string of the molecule is CCOCCN(C)c1cccc(C(=O)OCC)c1N. The number of rotatable bonds is 7. The molecule has 5 heteroatoms. The van der Waals surface area contributed by atoms with Gasteiger partial charge in [-0.25, -0.2) is 4.79 Å². The monoisotopic (exact) mass is 266 g/mol. The molecule has 0 aliphatic carbocycles. The average Bonchev–Trinajstić information content (AvgIpc) is 2.39. The first-order valence-corrected chi connectivity index (χ1v) is 6.46. The van der Waals surface area contributed by atoms with Crippen LogP contribution in [0.5, 0.6) is 0 Å². The maximum Gasteiger partial charge on any atom is 0.340 e. The molecule has 0 bridgehead atoms. The molecule has 0 unspecified atom stereocenters. The highest BCUT2D eigenvalue weighted by atomic mass is 16.5. The number of likely N-dealkylation sites (N-methyl/N-ethyl adjacent to an activating group) is 1. The van der Waals surface area contributed by atoms with Gasteiger partial charge in [0.25, 0.3) is 0 Å². The molecule has 0 saturated carbocycles. The maximum absolute atomic E-state index is 11.8. The van der Waals surface area contributed by atoms with Crippen molar-refractivity contribution in [1.82, 2.24) is 0 Å². The molecule has 0 atom stereocenters. The van der Waals surface area contributed by atoms with Gasteiger partial charge >= 0.3 is 5.97 Å². The standard InChI is InChI=1S/C14H22N2O3/c1-4-18-10-9-16(3)12-8-6-7-11(13(12)15)14(17)19-5-2/h6-8H,4-5,9-10,15H2,1-3H3. The smallest absolute Gasteiger partial charge is 0.340 e. The number of para-hydroxylation sites is 1. The molecule has 0 aliphatic rings. The van der Waals surface area contributed by atoms with E-state index in [9.17, 15) is 4.79 Å². The Morgan fingerprint density at radius 2 is 2.05 bits per heavy atom. The Kier molecular flexibility index (Phi) is 6.15. The number of ether oxygens (including phenoxy) is 2. The number of anilines is 2. The fraction of sp³-hybridized carbons (Fsp3) is 0.500. The van der Waals surface area contributed by atoms with Crippen LogP contribution in [-0.4, -0.2) is 39.4 Å². The molecule has 0 heterocycles. The molecule has 1 aromatic rings. The minimum absolute atomic E-state index is 0.336. The average molecular weight is 266 g/mol. The number of esters is 1. The summed E-state index contributed by atoms with van der Waals surface area (Å²) >= 11 is 0. The zero-order chi connectivity index (χ0) is 14.3. The second kappa shape index (κ2) is 7.63. The van der Waals surface area contributed by atoms with Gasteiger partial charge in [0.1, 0.15) is 0 Å². The Morgan fingerprint density at radius 3 is 2.68 bits per heavy atom. The zero-order valence-corrected chi connectivity index (χ0v) is 11.8. The Balaban J connectivity index is 2.84. The van der Waals surface area contributed by atoms with Crippen molar-refractivity contribution in [3.8, 4) is 0 Å². The van der Waals surface area contributed by atoms with Crippen molar-refractivity contribution in [2.45, 2.75) is 13.8 Å². The van der Waals surface area contributed by atoms with E-state index in [4.69, 9.17) is 15.2 Å². The van der Waals surface area contributed by atoms with Crippen LogP contribution in [0.3, 0.4) is 0 Å². The molecule has 19 heavy (non-hydrogen) atoms. The Labute approximate surface area is 114 Å². The highest BCUT2D eigenvalue weighted by Gasteiger charge is 2.15. The van der Waals surface area contributed by atoms with Crippen LogP contribution in [-0.2, 0) is 9.47 Å². The molecule has 0 amide bonds. The van der Waals surface area contributed by atoms with Gasteiger partial charge in [0.05, 0.1) is 30.2 Å². The van der Waals surface area contributed by atoms with Gasteiger partial charge < -0.3 is 20.1 Å². The van der Waals surface area contributed by atoms with E-state index in [1.807, 2.05) is 24.9 Å². The minimum Gasteiger partial charge on any atom is -0.462 e. The normalized spacial score (nSPS) is 10.3. The van der Waals surface area contributed by atoms with Crippen LogP contribution in [0.4, 0.5) is 11.4 Å². The summed E-state index contributed by atoms with van der Waals surface area (Å²) in [5.74, 6) is -0.389. The third kappa shape index (κ3) is 4.13. The summed E-state index contributed by atoms with van der Waals surface area (Å²) in [4.78, 5) is 13.7. The lowest BCUT2D eigenvalue weighted by atomic mass is 10.1. The highest BCUT2D eigenvalue weighted by Crippen LogP contribution is 2.26. The van der Waals surface area contributed by atoms with E-state index in [1.165, 1.54) is 0 Å². The minimum atomic E-state index is -0.389. The molecule has 0 radical (unpaired) electrons. The van der Waals surface area contributed by atoms with Crippen molar-refractivity contribution in [2.24, 2.45) is 0 Å². The summed E-state index contributed by atoms with van der Waals surface area (Å²) in [6, 6.07) is 5.35. The first kappa shape index (κ1) is 15.3. The van der Waals surface area contributed by atoms with E-state index in [-0.39, 0.29) is 5.97 Å². The first-order valence-electron chi connectivity index (χ1n) is 6.46. The van der Waals surface area contributed by atoms with Gasteiger partial charge in [-0.2, -0.15) is 0 Å². The van der Waals surface area contributed by atoms with Crippen molar-refractivity contribution in [1.29, 1.82) is 0 Å². The number of benzene rings is 1. The van der Waals surface area contributed by atoms with Crippen LogP contribution in [0.2, 0.25) is 0 Å². The topological polar surface area (TPSA) is 64.8 Å². The highest BCUT2D eigenvalue weighted by molar-refractivity contribution is 5.98. The summed E-state index contributed by atoms with van der Waals surface area (Å²) in [5, 5.41) is 0. The molecular formula is C14H22N2O3. The second-order valence-corrected chi connectivity index (χ2v) is 4.08. The van der Waals surface area contributed by atoms with Gasteiger partial charge in [-0.15, -0.1) is 0 Å². The number of hydrogen-bond donors (Lipinski definition) is 1. The quantitative estimate of drug-likeness (QED) is 0.464. The van der Waals surface area contributed by atoms with Crippen LogP contribution in [0, 0.1) is 0 Å². The molecule has 1 aromatic carbocycles. The Hall–Kier alpha value is -1.75. The van der Waals surface area contributed by atoms with Crippen LogP contribution >= 0.6 is 0 Å². The van der Waals surface area contributed by atoms with Crippen LogP contribution < -0.4 is 10.6 Å². The van der Waals surface area contributed by atoms with E-state index >= 15 is 0 Å². The molecule has 0 spiro atoms. The summed E-state index contributed by atoms with van der Waals surface area (Å²) in [7, 11) is 1.92. The van der Waals surface area contributed by atoms with Gasteiger partial charge in [0.2, 0.25) is 0 Å². The lowest BCUT2D eigenvalue weighted by Gasteiger charge is -2.22. The fourth-order valence-corrected chi connectivity index (χ4v) is 1.74. The summed E-state index contributed by atoms with van der Waals surface area (Å²) in [6.45, 7) is 6.08. The predicted molar refractivity (Wildman–Crippen MR) is 76.6 cm³/mol. The third-order valence-electron chi connectivity index (χ3n) is 2.76. The molecule has 2 N–H and O–H groups in total. The largest absolute Gasteiger partial charge is 0.462 e. The molecule has 1 rings (SSSR count). The molecule has 0 fully saturated rings. The van der Waals surface area contributed by atoms with E-state index in [0.29, 0.717) is 37.6 Å².